The van der Waals surface area contributed by atoms with E-state index in [1.165, 1.54) is 0 Å². The van der Waals surface area contributed by atoms with Crippen LogP contribution >= 0.6 is 0 Å². The lowest BCUT2D eigenvalue weighted by Gasteiger charge is -2.30. The van der Waals surface area contributed by atoms with Gasteiger partial charge in [-0.15, -0.1) is 0 Å². The van der Waals surface area contributed by atoms with E-state index >= 15 is 0 Å². The van der Waals surface area contributed by atoms with Crippen molar-refractivity contribution in [1.29, 1.82) is 0 Å². The van der Waals surface area contributed by atoms with E-state index in [4.69, 9.17) is 5.73 Å². The van der Waals surface area contributed by atoms with Crippen molar-refractivity contribution in [2.75, 3.05) is 23.3 Å². The molecule has 33 heavy (non-hydrogen) atoms. The molecule has 1 amide bonds. The first-order valence-corrected chi connectivity index (χ1v) is 11.2. The van der Waals surface area contributed by atoms with Crippen LogP contribution in [0.5, 0.6) is 5.75 Å². The van der Waals surface area contributed by atoms with Crippen molar-refractivity contribution in [3.05, 3.63) is 69.9 Å². The number of aromatic hydroxyl groups is 1. The molecule has 174 valence electrons. The molecule has 2 heterocycles. The lowest BCUT2D eigenvalue weighted by Crippen LogP contribution is -2.34. The number of aryl methyl sites for hydroxylation is 2. The van der Waals surface area contributed by atoms with E-state index in [-0.39, 0.29) is 5.75 Å². The number of halogens is 1. The Kier molecular flexibility index (Phi) is 6.53. The smallest absolute Gasteiger partial charge is 0.254 e. The number of primary amides is 1. The predicted octanol–water partition coefficient (Wildman–Crippen LogP) is 3.97. The number of hydrogen-bond donors (Lipinski definition) is 4. The van der Waals surface area contributed by atoms with E-state index in [1.54, 1.807) is 0 Å². The number of piperidine rings is 1. The minimum atomic E-state index is -0.696. The van der Waals surface area contributed by atoms with Crippen LogP contribution in [0.3, 0.4) is 0 Å². The first-order chi connectivity index (χ1) is 15.8. The highest BCUT2D eigenvalue weighted by Gasteiger charge is 2.20. The minimum Gasteiger partial charge on any atom is -0.507 e. The van der Waals surface area contributed by atoms with Crippen LogP contribution in [-0.2, 0) is 13.0 Å². The normalized spacial score (nSPS) is 14.5. The molecule has 4 rings (SSSR count). The Morgan fingerprint density at radius 3 is 2.42 bits per heavy atom. The minimum absolute atomic E-state index is 0.288. The number of alkyl halides is 1. The summed E-state index contributed by atoms with van der Waals surface area (Å²) in [7, 11) is 0. The summed E-state index contributed by atoms with van der Waals surface area (Å²) in [6, 6.07) is 11.9. The van der Waals surface area contributed by atoms with E-state index in [2.05, 4.69) is 20.4 Å². The fourth-order valence-corrected chi connectivity index (χ4v) is 4.37. The molecule has 1 aliphatic rings. The number of benzene rings is 2. The van der Waals surface area contributed by atoms with Gasteiger partial charge in [0.15, 0.2) is 5.82 Å². The topological polar surface area (TPSA) is 107 Å². The van der Waals surface area contributed by atoms with E-state index in [0.29, 0.717) is 42.9 Å². The number of anilines is 2. The Bertz CT molecular complexity index is 1110. The number of aromatic nitrogens is 2. The highest BCUT2D eigenvalue weighted by atomic mass is 19.1. The predicted molar refractivity (Wildman–Crippen MR) is 128 cm³/mol. The molecule has 3 aromatic rings. The van der Waals surface area contributed by atoms with E-state index in [9.17, 15) is 14.3 Å². The van der Waals surface area contributed by atoms with Crippen molar-refractivity contribution in [2.24, 2.45) is 5.73 Å². The van der Waals surface area contributed by atoms with Crippen molar-refractivity contribution >= 4 is 17.4 Å². The van der Waals surface area contributed by atoms with E-state index in [0.717, 1.165) is 41.0 Å². The number of carbonyl (C=O) groups is 1. The Hall–Kier alpha value is -3.55. The summed E-state index contributed by atoms with van der Waals surface area (Å²) >= 11 is 0. The van der Waals surface area contributed by atoms with Crippen LogP contribution in [0.2, 0.25) is 0 Å². The zero-order chi connectivity index (χ0) is 23.5. The summed E-state index contributed by atoms with van der Waals surface area (Å²) in [5.74, 6) is 0.146. The quantitative estimate of drug-likeness (QED) is 0.435. The molecule has 0 atom stereocenters. The Balaban J connectivity index is 1.46. The van der Waals surface area contributed by atoms with Gasteiger partial charge in [0.1, 0.15) is 17.5 Å². The molecule has 1 fully saturated rings. The fraction of sp³-hybridized carbons (Fsp3) is 0.360. The number of amides is 1. The van der Waals surface area contributed by atoms with Gasteiger partial charge in [0.05, 0.1) is 5.69 Å². The average Bonchev–Trinajstić information content (AvgIpc) is 3.19. The van der Waals surface area contributed by atoms with Crippen LogP contribution < -0.4 is 16.0 Å². The Morgan fingerprint density at radius 2 is 1.82 bits per heavy atom. The standard InChI is InChI=1S/C25H30FN5O2/c1-15-11-18(12-16(2)23(15)32)14-28-25-22(24(27)33)21(29-30-25)13-17-3-5-20(6-4-17)31-9-7-19(26)8-10-31/h3-6,11-12,19,32H,7-10,13-14H2,1-2H3,(H2,27,33)(H2,28,29,30). The number of carbonyl (C=O) groups excluding carboxylic acids is 1. The summed E-state index contributed by atoms with van der Waals surface area (Å²) < 4.78 is 13.4. The second kappa shape index (κ2) is 9.52. The largest absolute Gasteiger partial charge is 0.507 e. The first kappa shape index (κ1) is 22.6. The maximum absolute atomic E-state index is 13.4. The molecular formula is C25H30FN5O2. The first-order valence-electron chi connectivity index (χ1n) is 11.2. The van der Waals surface area contributed by atoms with Crippen molar-refractivity contribution in [2.45, 2.75) is 45.8 Å². The fourth-order valence-electron chi connectivity index (χ4n) is 4.37. The van der Waals surface area contributed by atoms with Gasteiger partial charge in [0, 0.05) is 31.7 Å². The molecule has 0 aliphatic carbocycles. The third-order valence-corrected chi connectivity index (χ3v) is 6.21. The molecular weight excluding hydrogens is 421 g/mol. The third kappa shape index (κ3) is 5.10. The zero-order valence-corrected chi connectivity index (χ0v) is 19.0. The summed E-state index contributed by atoms with van der Waals surface area (Å²) in [6.45, 7) is 5.59. The van der Waals surface area contributed by atoms with Gasteiger partial charge in [-0.05, 0) is 61.1 Å². The Morgan fingerprint density at radius 1 is 1.18 bits per heavy atom. The van der Waals surface area contributed by atoms with Gasteiger partial charge in [-0.3, -0.25) is 9.89 Å². The lowest BCUT2D eigenvalue weighted by atomic mass is 10.0. The van der Waals surface area contributed by atoms with Gasteiger partial charge < -0.3 is 21.1 Å². The molecule has 0 radical (unpaired) electrons. The summed E-state index contributed by atoms with van der Waals surface area (Å²) in [4.78, 5) is 14.4. The van der Waals surface area contributed by atoms with E-state index in [1.807, 2.05) is 50.2 Å². The summed E-state index contributed by atoms with van der Waals surface area (Å²) in [6.07, 6.45) is 0.920. The molecule has 5 N–H and O–H groups in total. The number of hydrogen-bond acceptors (Lipinski definition) is 5. The van der Waals surface area contributed by atoms with Gasteiger partial charge in [-0.1, -0.05) is 24.3 Å². The second-order valence-electron chi connectivity index (χ2n) is 8.73. The van der Waals surface area contributed by atoms with Crippen molar-refractivity contribution < 1.29 is 14.3 Å². The number of rotatable bonds is 7. The monoisotopic (exact) mass is 451 g/mol. The van der Waals surface area contributed by atoms with Crippen molar-refractivity contribution in [3.8, 4) is 5.75 Å². The van der Waals surface area contributed by atoms with Gasteiger partial charge in [0.25, 0.3) is 5.91 Å². The van der Waals surface area contributed by atoms with E-state index < -0.39 is 12.1 Å². The van der Waals surface area contributed by atoms with Gasteiger partial charge in [0.2, 0.25) is 0 Å². The zero-order valence-electron chi connectivity index (χ0n) is 19.0. The van der Waals surface area contributed by atoms with Crippen LogP contribution in [0, 0.1) is 13.8 Å². The number of phenols is 1. The lowest BCUT2D eigenvalue weighted by molar-refractivity contribution is 0.100. The molecule has 0 bridgehead atoms. The number of nitrogens with one attached hydrogen (secondary N) is 2. The van der Waals surface area contributed by atoms with Crippen LogP contribution in [0.1, 0.15) is 51.1 Å². The molecule has 1 saturated heterocycles. The van der Waals surface area contributed by atoms with Crippen LogP contribution in [0.4, 0.5) is 15.9 Å². The maximum Gasteiger partial charge on any atom is 0.254 e. The molecule has 1 aliphatic heterocycles. The number of nitrogens with two attached hydrogens (primary N) is 1. The highest BCUT2D eigenvalue weighted by Crippen LogP contribution is 2.26. The molecule has 2 aromatic carbocycles. The summed E-state index contributed by atoms with van der Waals surface area (Å²) in [5.41, 5.74) is 11.3. The highest BCUT2D eigenvalue weighted by molar-refractivity contribution is 5.99. The maximum atomic E-state index is 13.4. The molecule has 8 heteroatoms. The molecule has 0 spiro atoms. The molecule has 0 saturated carbocycles. The van der Waals surface area contributed by atoms with Crippen LogP contribution in [-0.4, -0.2) is 40.5 Å². The van der Waals surface area contributed by atoms with Crippen molar-refractivity contribution in [1.82, 2.24) is 10.2 Å². The van der Waals surface area contributed by atoms with Gasteiger partial charge in [-0.2, -0.15) is 5.10 Å². The number of H-pyrrole nitrogens is 1. The molecule has 0 unspecified atom stereocenters. The third-order valence-electron chi connectivity index (χ3n) is 6.21. The van der Waals surface area contributed by atoms with Crippen LogP contribution in [0.15, 0.2) is 36.4 Å². The second-order valence-corrected chi connectivity index (χ2v) is 8.73. The Labute approximate surface area is 192 Å². The van der Waals surface area contributed by atoms with Crippen LogP contribution in [0.25, 0.3) is 0 Å². The summed E-state index contributed by atoms with van der Waals surface area (Å²) in [5, 5.41) is 20.4. The van der Waals surface area contributed by atoms with Gasteiger partial charge in [-0.25, -0.2) is 4.39 Å². The molecule has 7 nitrogen and oxygen atoms in total. The molecule has 1 aromatic heterocycles. The van der Waals surface area contributed by atoms with Crippen molar-refractivity contribution in [3.63, 3.8) is 0 Å². The average molecular weight is 452 g/mol. The number of phenolic OH excluding ortho intramolecular Hbond substituents is 1. The van der Waals surface area contributed by atoms with Gasteiger partial charge >= 0.3 is 0 Å². The SMILES string of the molecule is Cc1cc(CNc2n[nH]c(Cc3ccc(N4CCC(F)CC4)cc3)c2C(N)=O)cc(C)c1O. The number of aromatic amines is 1. The number of nitrogens with zero attached hydrogens (tertiary/aromatic N) is 2.